The number of aliphatic hydroxyl groups excluding tert-OH is 1. The van der Waals surface area contributed by atoms with Crippen LogP contribution in [0.25, 0.3) is 0 Å². The summed E-state index contributed by atoms with van der Waals surface area (Å²) in [6.07, 6.45) is 11.4. The third kappa shape index (κ3) is 16.2. The number of amides is 1. The molecule has 2 saturated heterocycles. The van der Waals surface area contributed by atoms with Crippen molar-refractivity contribution in [3.05, 3.63) is 47.6 Å². The molecular formula is C53H84NO14P. The van der Waals surface area contributed by atoms with E-state index in [1.807, 2.05) is 58.1 Å². The van der Waals surface area contributed by atoms with Crippen LogP contribution in [0.15, 0.2) is 47.6 Å². The average Bonchev–Trinajstić information content (AvgIpc) is 3.30. The maximum Gasteiger partial charge on any atom is 0.329 e. The lowest BCUT2D eigenvalue weighted by Gasteiger charge is -2.42. The van der Waals surface area contributed by atoms with Gasteiger partial charge in [0.15, 0.2) is 13.2 Å². The molecule has 0 aromatic rings. The maximum absolute atomic E-state index is 14.5. The Balaban J connectivity index is 1.70. The number of methoxy groups -OCH3 is 3. The summed E-state index contributed by atoms with van der Waals surface area (Å²) in [6.45, 7) is 15.9. The molecule has 3 heterocycles. The van der Waals surface area contributed by atoms with Crippen molar-refractivity contribution in [1.29, 1.82) is 0 Å². The quantitative estimate of drug-likeness (QED) is 0.104. The van der Waals surface area contributed by atoms with Gasteiger partial charge in [0.2, 0.25) is 5.79 Å². The molecule has 4 unspecified atom stereocenters. The van der Waals surface area contributed by atoms with Crippen molar-refractivity contribution in [1.82, 2.24) is 4.90 Å². The van der Waals surface area contributed by atoms with E-state index in [2.05, 4.69) is 0 Å². The highest BCUT2D eigenvalue weighted by atomic mass is 31.2. The first-order valence-corrected chi connectivity index (χ1v) is 27.7. The lowest BCUT2D eigenvalue weighted by molar-refractivity contribution is -0.265. The van der Waals surface area contributed by atoms with Crippen LogP contribution >= 0.6 is 7.37 Å². The Labute approximate surface area is 411 Å². The van der Waals surface area contributed by atoms with Gasteiger partial charge in [0.05, 0.1) is 24.4 Å². The van der Waals surface area contributed by atoms with Crippen LogP contribution in [0.5, 0.6) is 0 Å². The summed E-state index contributed by atoms with van der Waals surface area (Å²) in [5, 5.41) is 23.5. The number of allylic oxidation sites excluding steroid dienone is 6. The third-order valence-corrected chi connectivity index (χ3v) is 15.6. The molecule has 69 heavy (non-hydrogen) atoms. The van der Waals surface area contributed by atoms with Gasteiger partial charge in [-0.1, -0.05) is 71.1 Å². The van der Waals surface area contributed by atoms with Crippen LogP contribution in [0.4, 0.5) is 0 Å². The Morgan fingerprint density at radius 3 is 2.22 bits per heavy atom. The van der Waals surface area contributed by atoms with E-state index >= 15 is 0 Å². The maximum atomic E-state index is 14.5. The summed E-state index contributed by atoms with van der Waals surface area (Å²) in [7, 11) is 1.76. The van der Waals surface area contributed by atoms with Gasteiger partial charge in [0, 0.05) is 71.8 Å². The number of aliphatic hydroxyl groups is 2. The van der Waals surface area contributed by atoms with Gasteiger partial charge in [-0.2, -0.15) is 0 Å². The van der Waals surface area contributed by atoms with Crippen LogP contribution in [0.3, 0.4) is 0 Å². The number of carbonyl (C=O) groups excluding carboxylic acids is 5. The number of nitrogens with zero attached hydrogens (tertiary/aromatic N) is 1. The van der Waals surface area contributed by atoms with Crippen molar-refractivity contribution in [2.45, 2.75) is 180 Å². The van der Waals surface area contributed by atoms with Crippen LogP contribution in [-0.4, -0.2) is 140 Å². The van der Waals surface area contributed by atoms with E-state index in [1.165, 1.54) is 12.0 Å². The SMILES string of the molecule is CO[C@H]1C[C@@H]2CC[C@@H](C)C(O)(O2)C(=O)C(=O)N2CCCCC2C(=O)OC([C@H](C)CC2CC[C@@H](OP(C)(C)=O)[C@H](OC)C2)CC(=O)[C@H](C)C=C(C)[C@@H](O)[C@@H](OC)C(=O)[C@H](C)C[C@H](C)C=CC=CC=C1C. The molecule has 0 aromatic heterocycles. The molecule has 2 N–H and O–H groups in total. The number of carbonyl (C=O) groups is 5. The van der Waals surface area contributed by atoms with Crippen LogP contribution in [0.2, 0.25) is 0 Å². The second-order valence-electron chi connectivity index (χ2n) is 20.9. The topological polar surface area (TPSA) is 201 Å². The minimum absolute atomic E-state index is 0.0117. The van der Waals surface area contributed by atoms with E-state index in [0.29, 0.717) is 63.4 Å². The van der Waals surface area contributed by atoms with Crippen molar-refractivity contribution in [3.63, 3.8) is 0 Å². The fourth-order valence-corrected chi connectivity index (χ4v) is 11.4. The van der Waals surface area contributed by atoms with Gasteiger partial charge in [-0.25, -0.2) is 4.79 Å². The van der Waals surface area contributed by atoms with Crippen LogP contribution in [0.1, 0.15) is 126 Å². The number of ether oxygens (including phenoxy) is 5. The second-order valence-corrected chi connectivity index (χ2v) is 23.6. The van der Waals surface area contributed by atoms with Gasteiger partial charge < -0.3 is 43.3 Å². The van der Waals surface area contributed by atoms with Crippen molar-refractivity contribution in [2.24, 2.45) is 35.5 Å². The summed E-state index contributed by atoms with van der Waals surface area (Å²) in [4.78, 5) is 72.2. The lowest BCUT2D eigenvalue weighted by atomic mass is 9.78. The highest BCUT2D eigenvalue weighted by molar-refractivity contribution is 7.57. The molecule has 0 spiro atoms. The van der Waals surface area contributed by atoms with Crippen molar-refractivity contribution in [2.75, 3.05) is 41.2 Å². The Morgan fingerprint density at radius 2 is 1.57 bits per heavy atom. The molecule has 16 heteroatoms. The van der Waals surface area contributed by atoms with Gasteiger partial charge in [0.1, 0.15) is 30.1 Å². The normalized spacial score (nSPS) is 36.6. The van der Waals surface area contributed by atoms with Gasteiger partial charge in [-0.3, -0.25) is 23.7 Å². The molecule has 3 fully saturated rings. The molecule has 390 valence electrons. The van der Waals surface area contributed by atoms with E-state index in [4.69, 9.17) is 28.2 Å². The predicted molar refractivity (Wildman–Crippen MR) is 263 cm³/mol. The van der Waals surface area contributed by atoms with E-state index in [9.17, 15) is 38.8 Å². The number of cyclic esters (lactones) is 1. The summed E-state index contributed by atoms with van der Waals surface area (Å²) in [5.41, 5.74) is 1.25. The smallest absolute Gasteiger partial charge is 0.329 e. The number of piperidine rings is 1. The van der Waals surface area contributed by atoms with Crippen molar-refractivity contribution < 1.29 is 67.0 Å². The molecular weight excluding hydrogens is 906 g/mol. The van der Waals surface area contributed by atoms with Crippen LogP contribution < -0.4 is 0 Å². The largest absolute Gasteiger partial charge is 0.460 e. The zero-order valence-electron chi connectivity index (χ0n) is 43.4. The first kappa shape index (κ1) is 58.4. The molecule has 4 aliphatic rings. The number of fused-ring (bicyclic) bond motifs is 3. The molecule has 0 radical (unpaired) electrons. The fourth-order valence-electron chi connectivity index (χ4n) is 10.5. The van der Waals surface area contributed by atoms with Crippen molar-refractivity contribution >= 4 is 36.6 Å². The number of esters is 1. The first-order valence-electron chi connectivity index (χ1n) is 25.2. The van der Waals surface area contributed by atoms with Crippen LogP contribution in [0, 0.1) is 35.5 Å². The molecule has 4 rings (SSSR count). The summed E-state index contributed by atoms with van der Waals surface area (Å²) in [6, 6.07) is -1.16. The van der Waals surface area contributed by atoms with Gasteiger partial charge in [0.25, 0.3) is 11.7 Å². The molecule has 2 bridgehead atoms. The van der Waals surface area contributed by atoms with E-state index in [-0.39, 0.29) is 60.9 Å². The number of rotatable bonds is 8. The monoisotopic (exact) mass is 990 g/mol. The zero-order chi connectivity index (χ0) is 51.4. The van der Waals surface area contributed by atoms with Gasteiger partial charge in [-0.05, 0) is 107 Å². The van der Waals surface area contributed by atoms with Crippen LogP contribution in [-0.2, 0) is 56.7 Å². The van der Waals surface area contributed by atoms with E-state index < -0.39 is 85.1 Å². The second kappa shape index (κ2) is 26.5. The molecule has 1 amide bonds. The Kier molecular flexibility index (Phi) is 22.5. The third-order valence-electron chi connectivity index (χ3n) is 14.8. The Bertz CT molecular complexity index is 1940. The van der Waals surface area contributed by atoms with E-state index in [1.54, 1.807) is 54.4 Å². The summed E-state index contributed by atoms with van der Waals surface area (Å²) >= 11 is 0. The molecule has 3 aliphatic heterocycles. The van der Waals surface area contributed by atoms with Gasteiger partial charge >= 0.3 is 5.97 Å². The summed E-state index contributed by atoms with van der Waals surface area (Å²) < 4.78 is 48.2. The van der Waals surface area contributed by atoms with E-state index in [0.717, 1.165) is 12.0 Å². The molecule has 1 aliphatic carbocycles. The number of ketones is 3. The predicted octanol–water partition coefficient (Wildman–Crippen LogP) is 7.74. The Hall–Kier alpha value is -3.14. The van der Waals surface area contributed by atoms with Gasteiger partial charge in [-0.15, -0.1) is 0 Å². The highest BCUT2D eigenvalue weighted by Gasteiger charge is 2.53. The number of hydrogen-bond donors (Lipinski definition) is 2. The minimum atomic E-state index is -2.79. The highest BCUT2D eigenvalue weighted by Crippen LogP contribution is 2.45. The molecule has 0 aromatic carbocycles. The van der Waals surface area contributed by atoms with Crippen molar-refractivity contribution in [3.8, 4) is 0 Å². The Morgan fingerprint density at radius 1 is 0.855 bits per heavy atom. The lowest BCUT2D eigenvalue weighted by Crippen LogP contribution is -2.61. The minimum Gasteiger partial charge on any atom is -0.460 e. The first-order chi connectivity index (χ1) is 32.4. The summed E-state index contributed by atoms with van der Waals surface area (Å²) in [5.74, 6) is -8.11. The number of Topliss-reactive ketones (excluding diaryl/α,β-unsaturated/α-hetero) is 3. The average molecular weight is 990 g/mol. The standard InChI is InChI=1S/C53H84NO14P/c1-32-18-14-13-15-19-33(2)44(63-8)30-40-23-21-38(7)53(61,67-40)50(58)51(59)54-25-17-16-20-41(54)52(60)66-45(35(4)28-39-22-24-43(46(29-39)64-9)68-69(11,12)62)31-42(55)34(3)27-37(6)48(57)49(65-10)47(56)36(5)26-32/h13-15,18-19,27,32,34-36,38-41,43-46,48-49,57,61H,16-17,20-26,28-31H2,1-12H3/t32-,34-,35-,36-,38-,39?,40+,41?,43-,44+,45?,46-,48-,49+,53?/m1/s1. The molecule has 1 saturated carbocycles. The molecule has 15 nitrogen and oxygen atoms in total. The fraction of sp³-hybridized carbons (Fsp3) is 0.755. The molecule has 15 atom stereocenters. The zero-order valence-corrected chi connectivity index (χ0v) is 44.3. The number of hydrogen-bond acceptors (Lipinski definition) is 14.